The van der Waals surface area contributed by atoms with Crippen LogP contribution in [0, 0.1) is 29.1 Å². The molecule has 220 valence electrons. The van der Waals surface area contributed by atoms with Gasteiger partial charge in [0.15, 0.2) is 0 Å². The Morgan fingerprint density at radius 1 is 0.578 bits per heavy atom. The van der Waals surface area contributed by atoms with Gasteiger partial charge in [0.2, 0.25) is 0 Å². The first kappa shape index (κ1) is 25.1. The predicted octanol–water partition coefficient (Wildman–Crippen LogP) is 11.2. The van der Waals surface area contributed by atoms with E-state index in [2.05, 4.69) is 134 Å². The Balaban J connectivity index is 1.16. The van der Waals surface area contributed by atoms with Gasteiger partial charge in [0, 0.05) is 27.8 Å². The standard InChI is InChI=1S/C44H39N/c1-42(2)35-15-8-6-13-32(35)33-20-19-31(24-39(33)42)45(30-11-4-3-5-12-30)40-18-10-17-37-41(40)34-14-7-9-16-36(34)44(37)29-22-27-21-28-26-43(44,25-27)38(28)23-29/h3-20,24,27-29,38H,21-23,25-26H2,1-2H3. The quantitative estimate of drug-likeness (QED) is 0.205. The number of para-hydroxylation sites is 1. The minimum atomic E-state index is -0.0415. The molecular weight excluding hydrogens is 542 g/mol. The van der Waals surface area contributed by atoms with Gasteiger partial charge in [-0.2, -0.15) is 0 Å². The Hall–Kier alpha value is -4.10. The number of benzene rings is 5. The van der Waals surface area contributed by atoms with Gasteiger partial charge < -0.3 is 4.90 Å². The van der Waals surface area contributed by atoms with E-state index in [0.717, 1.165) is 23.7 Å². The molecule has 45 heavy (non-hydrogen) atoms. The fraction of sp³-hybridized carbons (Fsp3) is 0.318. The molecule has 0 saturated heterocycles. The Bertz CT molecular complexity index is 2070. The van der Waals surface area contributed by atoms with Crippen molar-refractivity contribution >= 4 is 17.1 Å². The predicted molar refractivity (Wildman–Crippen MR) is 184 cm³/mol. The Kier molecular flexibility index (Phi) is 4.57. The molecule has 4 bridgehead atoms. The van der Waals surface area contributed by atoms with E-state index in [1.165, 1.54) is 82.5 Å². The number of anilines is 3. The van der Waals surface area contributed by atoms with Crippen LogP contribution in [0.3, 0.4) is 0 Å². The lowest BCUT2D eigenvalue weighted by Gasteiger charge is -2.67. The Morgan fingerprint density at radius 3 is 2.18 bits per heavy atom. The van der Waals surface area contributed by atoms with Crippen molar-refractivity contribution < 1.29 is 0 Å². The zero-order valence-corrected chi connectivity index (χ0v) is 26.3. The summed E-state index contributed by atoms with van der Waals surface area (Å²) in [5.41, 5.74) is 16.3. The van der Waals surface area contributed by atoms with E-state index < -0.39 is 0 Å². The molecule has 2 spiro atoms. The molecule has 7 aliphatic rings. The maximum atomic E-state index is 2.58. The lowest BCUT2D eigenvalue weighted by molar-refractivity contribution is -0.140. The molecule has 12 rings (SSSR count). The van der Waals surface area contributed by atoms with Gasteiger partial charge in [0.05, 0.1) is 5.69 Å². The summed E-state index contributed by atoms with van der Waals surface area (Å²) in [6.07, 6.45) is 7.28. The summed E-state index contributed by atoms with van der Waals surface area (Å²) in [6.45, 7) is 4.79. The smallest absolute Gasteiger partial charge is 0.0543 e. The maximum absolute atomic E-state index is 2.58. The summed E-state index contributed by atoms with van der Waals surface area (Å²) in [6, 6.07) is 44.3. The second kappa shape index (κ2) is 8.18. The molecule has 5 saturated carbocycles. The third-order valence-corrected chi connectivity index (χ3v) is 13.9. The molecule has 5 fully saturated rings. The summed E-state index contributed by atoms with van der Waals surface area (Å²) in [5, 5.41) is 0. The van der Waals surface area contributed by atoms with Crippen molar-refractivity contribution in [2.45, 2.75) is 56.8 Å². The molecular formula is C44H39N. The van der Waals surface area contributed by atoms with Gasteiger partial charge in [0.25, 0.3) is 0 Å². The van der Waals surface area contributed by atoms with Crippen LogP contribution in [0.25, 0.3) is 22.3 Å². The first-order chi connectivity index (χ1) is 22.0. The van der Waals surface area contributed by atoms with Crippen molar-refractivity contribution in [1.29, 1.82) is 0 Å². The fourth-order valence-electron chi connectivity index (χ4n) is 12.7. The summed E-state index contributed by atoms with van der Waals surface area (Å²) in [5.74, 6) is 3.63. The van der Waals surface area contributed by atoms with Crippen LogP contribution in [0.4, 0.5) is 17.1 Å². The number of fused-ring (bicyclic) bond motifs is 6. The average Bonchev–Trinajstić information content (AvgIpc) is 3.49. The van der Waals surface area contributed by atoms with Crippen molar-refractivity contribution in [1.82, 2.24) is 0 Å². The molecule has 0 aliphatic heterocycles. The molecule has 0 N–H and O–H groups in total. The summed E-state index contributed by atoms with van der Waals surface area (Å²) in [4.78, 5) is 2.58. The minimum Gasteiger partial charge on any atom is -0.310 e. The lowest BCUT2D eigenvalue weighted by atomic mass is 9.36. The Morgan fingerprint density at radius 2 is 1.31 bits per heavy atom. The highest BCUT2D eigenvalue weighted by Crippen LogP contribution is 2.84. The van der Waals surface area contributed by atoms with Crippen LogP contribution in [0.5, 0.6) is 0 Å². The molecule has 0 aromatic heterocycles. The van der Waals surface area contributed by atoms with Crippen molar-refractivity contribution in [3.8, 4) is 22.3 Å². The van der Waals surface area contributed by atoms with Crippen molar-refractivity contribution in [2.24, 2.45) is 29.1 Å². The first-order valence-electron chi connectivity index (χ1n) is 17.4. The van der Waals surface area contributed by atoms with E-state index in [4.69, 9.17) is 0 Å². The van der Waals surface area contributed by atoms with Crippen LogP contribution >= 0.6 is 0 Å². The molecule has 5 aromatic rings. The third kappa shape index (κ3) is 2.77. The number of nitrogens with zero attached hydrogens (tertiary/aromatic N) is 1. The first-order valence-corrected chi connectivity index (χ1v) is 17.4. The third-order valence-electron chi connectivity index (χ3n) is 13.9. The van der Waals surface area contributed by atoms with Crippen LogP contribution < -0.4 is 4.90 Å². The van der Waals surface area contributed by atoms with Gasteiger partial charge in [-0.1, -0.05) is 98.8 Å². The van der Waals surface area contributed by atoms with Crippen LogP contribution in [-0.2, 0) is 10.8 Å². The molecule has 7 aliphatic carbocycles. The second-order valence-corrected chi connectivity index (χ2v) is 15.8. The molecule has 6 atom stereocenters. The summed E-state index contributed by atoms with van der Waals surface area (Å²) >= 11 is 0. The normalized spacial score (nSPS) is 31.2. The SMILES string of the molecule is CC1(C)c2ccccc2-c2ccc(N(c3ccccc3)c3cccc4c3-c3ccccc3C43C4CC5CC6CC3(C5)C6C4)cc21. The fourth-order valence-corrected chi connectivity index (χ4v) is 12.7. The van der Waals surface area contributed by atoms with E-state index in [1.54, 1.807) is 11.1 Å². The summed E-state index contributed by atoms with van der Waals surface area (Å²) in [7, 11) is 0. The zero-order chi connectivity index (χ0) is 29.7. The number of rotatable bonds is 3. The monoisotopic (exact) mass is 581 g/mol. The van der Waals surface area contributed by atoms with Gasteiger partial charge in [-0.15, -0.1) is 0 Å². The highest BCUT2D eigenvalue weighted by atomic mass is 15.1. The van der Waals surface area contributed by atoms with Crippen LogP contribution in [0.15, 0.2) is 115 Å². The van der Waals surface area contributed by atoms with Crippen molar-refractivity contribution in [3.05, 3.63) is 138 Å². The topological polar surface area (TPSA) is 3.24 Å². The van der Waals surface area contributed by atoms with E-state index >= 15 is 0 Å². The van der Waals surface area contributed by atoms with Gasteiger partial charge in [-0.3, -0.25) is 0 Å². The zero-order valence-electron chi connectivity index (χ0n) is 26.3. The van der Waals surface area contributed by atoms with Gasteiger partial charge in [0.1, 0.15) is 0 Å². The minimum absolute atomic E-state index is 0.0415. The Labute approximate surface area is 266 Å². The van der Waals surface area contributed by atoms with E-state index in [-0.39, 0.29) is 10.8 Å². The van der Waals surface area contributed by atoms with Crippen molar-refractivity contribution in [3.63, 3.8) is 0 Å². The highest BCUT2D eigenvalue weighted by molar-refractivity contribution is 5.96. The molecule has 6 unspecified atom stereocenters. The van der Waals surface area contributed by atoms with E-state index in [1.807, 2.05) is 0 Å². The van der Waals surface area contributed by atoms with Crippen molar-refractivity contribution in [2.75, 3.05) is 4.90 Å². The van der Waals surface area contributed by atoms with Gasteiger partial charge in [-0.25, -0.2) is 0 Å². The van der Waals surface area contributed by atoms with Gasteiger partial charge in [-0.05, 0) is 130 Å². The van der Waals surface area contributed by atoms with Gasteiger partial charge >= 0.3 is 0 Å². The molecule has 5 aromatic carbocycles. The lowest BCUT2D eigenvalue weighted by Crippen LogP contribution is -2.62. The van der Waals surface area contributed by atoms with Crippen LogP contribution in [0.1, 0.15) is 68.2 Å². The molecule has 0 radical (unpaired) electrons. The van der Waals surface area contributed by atoms with E-state index in [9.17, 15) is 0 Å². The molecule has 0 amide bonds. The maximum Gasteiger partial charge on any atom is 0.0543 e. The van der Waals surface area contributed by atoms with Crippen LogP contribution in [-0.4, -0.2) is 0 Å². The highest BCUT2D eigenvalue weighted by Gasteiger charge is 2.78. The van der Waals surface area contributed by atoms with Crippen LogP contribution in [0.2, 0.25) is 0 Å². The molecule has 0 heterocycles. The second-order valence-electron chi connectivity index (χ2n) is 15.8. The average molecular weight is 582 g/mol. The summed E-state index contributed by atoms with van der Waals surface area (Å²) < 4.78 is 0. The number of hydrogen-bond acceptors (Lipinski definition) is 1. The largest absolute Gasteiger partial charge is 0.310 e. The molecule has 1 heteroatoms. The molecule has 1 nitrogen and oxygen atoms in total. The van der Waals surface area contributed by atoms with E-state index in [0.29, 0.717) is 5.41 Å². The number of hydrogen-bond donors (Lipinski definition) is 0.